The van der Waals surface area contributed by atoms with E-state index in [-0.39, 0.29) is 5.91 Å². The number of hydrogen-bond acceptors (Lipinski definition) is 3. The van der Waals surface area contributed by atoms with Gasteiger partial charge in [0.1, 0.15) is 0 Å². The molecule has 1 amide bonds. The lowest BCUT2D eigenvalue weighted by Crippen LogP contribution is -2.15. The van der Waals surface area contributed by atoms with E-state index in [1.54, 1.807) is 10.7 Å². The summed E-state index contributed by atoms with van der Waals surface area (Å²) in [7, 11) is 0. The molecule has 1 aromatic heterocycles. The Labute approximate surface area is 118 Å². The van der Waals surface area contributed by atoms with Gasteiger partial charge in [0.05, 0.1) is 0 Å². The van der Waals surface area contributed by atoms with Gasteiger partial charge in [0.25, 0.3) is 5.91 Å². The fourth-order valence-corrected chi connectivity index (χ4v) is 2.41. The van der Waals surface area contributed by atoms with Gasteiger partial charge in [-0.05, 0) is 49.6 Å². The van der Waals surface area contributed by atoms with Gasteiger partial charge < -0.3 is 10.6 Å². The zero-order chi connectivity index (χ0) is 13.9. The van der Waals surface area contributed by atoms with Crippen molar-refractivity contribution in [2.75, 3.05) is 17.2 Å². The Morgan fingerprint density at radius 1 is 1.45 bits per heavy atom. The molecule has 0 radical (unpaired) electrons. The molecule has 2 N–H and O–H groups in total. The normalized spacial score (nSPS) is 13.4. The highest BCUT2D eigenvalue weighted by atomic mass is 16.1. The molecule has 2 aromatic rings. The lowest BCUT2D eigenvalue weighted by atomic mass is 10.0. The fraction of sp³-hybridized carbons (Fsp3) is 0.333. The number of aromatic nitrogens is 2. The molecule has 0 atom stereocenters. The first-order valence-corrected chi connectivity index (χ1v) is 6.98. The van der Waals surface area contributed by atoms with Crippen molar-refractivity contribution in [1.29, 1.82) is 0 Å². The topological polar surface area (TPSA) is 59.0 Å². The van der Waals surface area contributed by atoms with Crippen LogP contribution in [-0.4, -0.2) is 22.2 Å². The number of fused-ring (bicyclic) bond motifs is 1. The highest BCUT2D eigenvalue weighted by molar-refractivity contribution is 6.02. The fourth-order valence-electron chi connectivity index (χ4n) is 2.41. The van der Waals surface area contributed by atoms with E-state index in [1.165, 1.54) is 11.3 Å². The van der Waals surface area contributed by atoms with E-state index >= 15 is 0 Å². The predicted molar refractivity (Wildman–Crippen MR) is 79.1 cm³/mol. The number of rotatable bonds is 3. The summed E-state index contributed by atoms with van der Waals surface area (Å²) in [5.41, 5.74) is 3.70. The molecule has 5 heteroatoms. The average Bonchev–Trinajstić information content (AvgIpc) is 2.96. The smallest absolute Gasteiger partial charge is 0.276 e. The zero-order valence-electron chi connectivity index (χ0n) is 11.5. The molecule has 1 aliphatic rings. The first-order chi connectivity index (χ1) is 9.76. The molecule has 0 aliphatic carbocycles. The van der Waals surface area contributed by atoms with Crippen molar-refractivity contribution in [3.63, 3.8) is 0 Å². The second-order valence-corrected chi connectivity index (χ2v) is 4.91. The molecule has 3 rings (SSSR count). The minimum Gasteiger partial charge on any atom is -0.385 e. The van der Waals surface area contributed by atoms with Crippen LogP contribution in [0.4, 0.5) is 11.4 Å². The van der Waals surface area contributed by atoms with Crippen LogP contribution in [-0.2, 0) is 13.0 Å². The molecule has 1 aromatic carbocycles. The third kappa shape index (κ3) is 2.52. The molecular formula is C15H18N4O. The van der Waals surface area contributed by atoms with Crippen LogP contribution < -0.4 is 10.6 Å². The summed E-state index contributed by atoms with van der Waals surface area (Å²) >= 11 is 0. The first kappa shape index (κ1) is 12.7. The molecule has 0 fully saturated rings. The van der Waals surface area contributed by atoms with E-state index in [2.05, 4.69) is 15.7 Å². The van der Waals surface area contributed by atoms with Crippen LogP contribution >= 0.6 is 0 Å². The van der Waals surface area contributed by atoms with Crippen molar-refractivity contribution in [3.05, 3.63) is 41.7 Å². The minimum atomic E-state index is -0.166. The van der Waals surface area contributed by atoms with Gasteiger partial charge >= 0.3 is 0 Å². The maximum atomic E-state index is 12.1. The van der Waals surface area contributed by atoms with E-state index in [9.17, 15) is 4.79 Å². The molecule has 5 nitrogen and oxygen atoms in total. The molecule has 0 saturated carbocycles. The van der Waals surface area contributed by atoms with Gasteiger partial charge in [0.2, 0.25) is 0 Å². The van der Waals surface area contributed by atoms with E-state index in [0.717, 1.165) is 31.6 Å². The highest BCUT2D eigenvalue weighted by Gasteiger charge is 2.12. The molecule has 104 valence electrons. The van der Waals surface area contributed by atoms with Gasteiger partial charge in [0, 0.05) is 30.7 Å². The second kappa shape index (κ2) is 5.36. The van der Waals surface area contributed by atoms with Crippen LogP contribution in [0.5, 0.6) is 0 Å². The minimum absolute atomic E-state index is 0.166. The van der Waals surface area contributed by atoms with Crippen LogP contribution in [0.2, 0.25) is 0 Å². The number of amides is 1. The Bertz CT molecular complexity index is 633. The molecule has 2 heterocycles. The summed E-state index contributed by atoms with van der Waals surface area (Å²) in [5, 5.41) is 10.5. The monoisotopic (exact) mass is 270 g/mol. The molecule has 0 unspecified atom stereocenters. The van der Waals surface area contributed by atoms with E-state index in [4.69, 9.17) is 0 Å². The van der Waals surface area contributed by atoms with Gasteiger partial charge in [-0.25, -0.2) is 0 Å². The third-order valence-electron chi connectivity index (χ3n) is 3.50. The summed E-state index contributed by atoms with van der Waals surface area (Å²) in [6.07, 6.45) is 3.99. The Morgan fingerprint density at radius 3 is 3.15 bits per heavy atom. The highest BCUT2D eigenvalue weighted by Crippen LogP contribution is 2.25. The summed E-state index contributed by atoms with van der Waals surface area (Å²) in [4.78, 5) is 12.1. The number of aryl methyl sites for hydroxylation is 2. The molecular weight excluding hydrogens is 252 g/mol. The Kier molecular flexibility index (Phi) is 3.41. The van der Waals surface area contributed by atoms with Gasteiger partial charge in [-0.1, -0.05) is 0 Å². The van der Waals surface area contributed by atoms with Crippen molar-refractivity contribution in [1.82, 2.24) is 9.78 Å². The standard InChI is InChI=1S/C15H18N4O/c1-2-19-9-7-14(18-19)15(20)17-12-5-6-13-11(10-12)4-3-8-16-13/h5-7,9-10,16H,2-4,8H2,1H3,(H,17,20). The molecule has 0 spiro atoms. The molecule has 20 heavy (non-hydrogen) atoms. The van der Waals surface area contributed by atoms with Crippen LogP contribution in [0.3, 0.4) is 0 Å². The number of benzene rings is 1. The lowest BCUT2D eigenvalue weighted by molar-refractivity contribution is 0.102. The van der Waals surface area contributed by atoms with Gasteiger partial charge in [0.15, 0.2) is 5.69 Å². The maximum absolute atomic E-state index is 12.1. The van der Waals surface area contributed by atoms with Crippen molar-refractivity contribution in [2.45, 2.75) is 26.3 Å². The Balaban J connectivity index is 1.75. The SMILES string of the molecule is CCn1ccc(C(=O)Nc2ccc3c(c2)CCCN3)n1. The number of anilines is 2. The summed E-state index contributed by atoms with van der Waals surface area (Å²) in [6.45, 7) is 3.77. The number of carbonyl (C=O) groups is 1. The lowest BCUT2D eigenvalue weighted by Gasteiger charge is -2.18. The number of nitrogens with one attached hydrogen (secondary N) is 2. The van der Waals surface area contributed by atoms with Crippen molar-refractivity contribution in [3.8, 4) is 0 Å². The predicted octanol–water partition coefficient (Wildman–Crippen LogP) is 2.51. The quantitative estimate of drug-likeness (QED) is 0.901. The zero-order valence-corrected chi connectivity index (χ0v) is 11.5. The van der Waals surface area contributed by atoms with E-state index in [0.29, 0.717) is 5.69 Å². The van der Waals surface area contributed by atoms with Crippen LogP contribution in [0.1, 0.15) is 29.4 Å². The first-order valence-electron chi connectivity index (χ1n) is 6.98. The average molecular weight is 270 g/mol. The molecule has 0 bridgehead atoms. The summed E-state index contributed by atoms with van der Waals surface area (Å²) in [5.74, 6) is -0.166. The van der Waals surface area contributed by atoms with E-state index in [1.807, 2.05) is 31.3 Å². The van der Waals surface area contributed by atoms with Crippen LogP contribution in [0, 0.1) is 0 Å². The molecule has 0 saturated heterocycles. The van der Waals surface area contributed by atoms with Crippen molar-refractivity contribution in [2.24, 2.45) is 0 Å². The second-order valence-electron chi connectivity index (χ2n) is 4.91. The third-order valence-corrected chi connectivity index (χ3v) is 3.50. The van der Waals surface area contributed by atoms with Crippen LogP contribution in [0.15, 0.2) is 30.5 Å². The van der Waals surface area contributed by atoms with Crippen molar-refractivity contribution >= 4 is 17.3 Å². The van der Waals surface area contributed by atoms with Crippen molar-refractivity contribution < 1.29 is 4.79 Å². The van der Waals surface area contributed by atoms with Crippen LogP contribution in [0.25, 0.3) is 0 Å². The summed E-state index contributed by atoms with van der Waals surface area (Å²) < 4.78 is 1.74. The Morgan fingerprint density at radius 2 is 2.35 bits per heavy atom. The number of carbonyl (C=O) groups excluding carboxylic acids is 1. The van der Waals surface area contributed by atoms with Gasteiger partial charge in [-0.15, -0.1) is 0 Å². The van der Waals surface area contributed by atoms with E-state index < -0.39 is 0 Å². The largest absolute Gasteiger partial charge is 0.385 e. The molecule has 1 aliphatic heterocycles. The number of nitrogens with zero attached hydrogens (tertiary/aromatic N) is 2. The Hall–Kier alpha value is -2.30. The maximum Gasteiger partial charge on any atom is 0.276 e. The van der Waals surface area contributed by atoms with Gasteiger partial charge in [-0.2, -0.15) is 5.10 Å². The van der Waals surface area contributed by atoms with Gasteiger partial charge in [-0.3, -0.25) is 9.48 Å². The number of hydrogen-bond donors (Lipinski definition) is 2. The summed E-state index contributed by atoms with van der Waals surface area (Å²) in [6, 6.07) is 7.72.